The maximum Gasteiger partial charge on any atom is 0.222 e. The number of aliphatic hydroxyl groups excluding tert-OH is 1. The van der Waals surface area contributed by atoms with Crippen molar-refractivity contribution in [3.8, 4) is 5.75 Å². The molecule has 24 heavy (non-hydrogen) atoms. The first-order chi connectivity index (χ1) is 11.5. The van der Waals surface area contributed by atoms with E-state index in [9.17, 15) is 9.90 Å². The van der Waals surface area contributed by atoms with Crippen LogP contribution in [-0.2, 0) is 4.79 Å². The first kappa shape index (κ1) is 17.8. The molecule has 0 aromatic heterocycles. The van der Waals surface area contributed by atoms with Gasteiger partial charge in [-0.3, -0.25) is 4.79 Å². The van der Waals surface area contributed by atoms with Crippen molar-refractivity contribution in [2.45, 2.75) is 44.2 Å². The fraction of sp³-hybridized carbons (Fsp3) is 0.611. The van der Waals surface area contributed by atoms with Crippen LogP contribution >= 0.6 is 23.2 Å². The summed E-state index contributed by atoms with van der Waals surface area (Å²) >= 11 is 11.9. The second kappa shape index (κ2) is 7.51. The molecule has 132 valence electrons. The van der Waals surface area contributed by atoms with Gasteiger partial charge in [0.25, 0.3) is 0 Å². The number of aliphatic hydroxyl groups is 1. The molecule has 1 N–H and O–H groups in total. The first-order valence-corrected chi connectivity index (χ1v) is 9.23. The fourth-order valence-electron chi connectivity index (χ4n) is 4.05. The zero-order valence-corrected chi connectivity index (χ0v) is 15.3. The van der Waals surface area contributed by atoms with Crippen LogP contribution in [0.4, 0.5) is 0 Å². The standard InChI is InChI=1S/C18H23Cl2NO3/c1-21(15-8-12-7-11(15)9-16(12)22)18(23)3-2-6-24-17-5-4-13(19)10-14(17)20/h4-5,10-12,15-16,22H,2-3,6-9H2,1H3. The number of hydrogen-bond acceptors (Lipinski definition) is 3. The molecule has 1 aromatic rings. The number of amides is 1. The summed E-state index contributed by atoms with van der Waals surface area (Å²) in [6.07, 6.45) is 3.77. The quantitative estimate of drug-likeness (QED) is 0.774. The van der Waals surface area contributed by atoms with Gasteiger partial charge in [-0.2, -0.15) is 0 Å². The highest BCUT2D eigenvalue weighted by Crippen LogP contribution is 2.46. The Balaban J connectivity index is 1.41. The summed E-state index contributed by atoms with van der Waals surface area (Å²) in [4.78, 5) is 14.3. The molecule has 2 fully saturated rings. The summed E-state index contributed by atoms with van der Waals surface area (Å²) in [6.45, 7) is 0.441. The minimum atomic E-state index is -0.160. The van der Waals surface area contributed by atoms with E-state index in [0.29, 0.717) is 47.1 Å². The van der Waals surface area contributed by atoms with E-state index >= 15 is 0 Å². The molecule has 2 aliphatic carbocycles. The number of hydrogen-bond donors (Lipinski definition) is 1. The molecule has 0 spiro atoms. The summed E-state index contributed by atoms with van der Waals surface area (Å²) in [6, 6.07) is 5.39. The molecule has 0 radical (unpaired) electrons. The summed E-state index contributed by atoms with van der Waals surface area (Å²) in [5.41, 5.74) is 0. The highest BCUT2D eigenvalue weighted by atomic mass is 35.5. The number of benzene rings is 1. The summed E-state index contributed by atoms with van der Waals surface area (Å²) in [5, 5.41) is 10.9. The van der Waals surface area contributed by atoms with E-state index in [1.54, 1.807) is 18.2 Å². The van der Waals surface area contributed by atoms with E-state index in [2.05, 4.69) is 0 Å². The zero-order valence-electron chi connectivity index (χ0n) is 13.8. The predicted molar refractivity (Wildman–Crippen MR) is 94.6 cm³/mol. The van der Waals surface area contributed by atoms with E-state index in [1.807, 2.05) is 11.9 Å². The van der Waals surface area contributed by atoms with Gasteiger partial charge in [0.1, 0.15) is 5.75 Å². The summed E-state index contributed by atoms with van der Waals surface area (Å²) in [5.74, 6) is 1.57. The maximum atomic E-state index is 12.4. The first-order valence-electron chi connectivity index (χ1n) is 8.47. The smallest absolute Gasteiger partial charge is 0.222 e. The highest BCUT2D eigenvalue weighted by molar-refractivity contribution is 6.35. The Kier molecular flexibility index (Phi) is 5.58. The van der Waals surface area contributed by atoms with Gasteiger partial charge in [0, 0.05) is 24.5 Å². The molecule has 4 atom stereocenters. The lowest BCUT2D eigenvalue weighted by molar-refractivity contribution is -0.133. The third-order valence-corrected chi connectivity index (χ3v) is 5.89. The van der Waals surface area contributed by atoms with Gasteiger partial charge in [0.2, 0.25) is 5.91 Å². The van der Waals surface area contributed by atoms with Gasteiger partial charge in [-0.05, 0) is 55.7 Å². The fourth-order valence-corrected chi connectivity index (χ4v) is 4.51. The van der Waals surface area contributed by atoms with Crippen LogP contribution in [0.15, 0.2) is 18.2 Å². The lowest BCUT2D eigenvalue weighted by Crippen LogP contribution is -2.42. The Morgan fingerprint density at radius 3 is 2.71 bits per heavy atom. The maximum absolute atomic E-state index is 12.4. The van der Waals surface area contributed by atoms with Crippen LogP contribution in [-0.4, -0.2) is 41.7 Å². The average Bonchev–Trinajstić information content (AvgIpc) is 3.11. The van der Waals surface area contributed by atoms with E-state index < -0.39 is 0 Å². The van der Waals surface area contributed by atoms with Crippen LogP contribution in [0.25, 0.3) is 0 Å². The van der Waals surface area contributed by atoms with Crippen molar-refractivity contribution in [1.82, 2.24) is 4.90 Å². The topological polar surface area (TPSA) is 49.8 Å². The van der Waals surface area contributed by atoms with Crippen LogP contribution < -0.4 is 4.74 Å². The van der Waals surface area contributed by atoms with E-state index in [-0.39, 0.29) is 18.1 Å². The molecule has 2 aliphatic rings. The number of ether oxygens (including phenoxy) is 1. The Labute approximate surface area is 152 Å². The second-order valence-electron chi connectivity index (χ2n) is 6.89. The van der Waals surface area contributed by atoms with Crippen molar-refractivity contribution in [2.24, 2.45) is 11.8 Å². The number of halogens is 2. The van der Waals surface area contributed by atoms with Crippen LogP contribution in [0.5, 0.6) is 5.75 Å². The number of fused-ring (bicyclic) bond motifs is 2. The molecule has 2 bridgehead atoms. The van der Waals surface area contributed by atoms with Gasteiger partial charge < -0.3 is 14.7 Å². The molecule has 4 nitrogen and oxygen atoms in total. The minimum absolute atomic E-state index is 0.146. The second-order valence-corrected chi connectivity index (χ2v) is 7.74. The predicted octanol–water partition coefficient (Wildman–Crippen LogP) is 3.77. The molecule has 3 rings (SSSR count). The van der Waals surface area contributed by atoms with Gasteiger partial charge in [-0.25, -0.2) is 0 Å². The van der Waals surface area contributed by atoms with Crippen molar-refractivity contribution in [1.29, 1.82) is 0 Å². The van der Waals surface area contributed by atoms with Gasteiger partial charge in [0.15, 0.2) is 0 Å². The van der Waals surface area contributed by atoms with E-state index in [4.69, 9.17) is 27.9 Å². The van der Waals surface area contributed by atoms with E-state index in [1.165, 1.54) is 0 Å². The Morgan fingerprint density at radius 2 is 2.08 bits per heavy atom. The third-order valence-electron chi connectivity index (χ3n) is 5.36. The van der Waals surface area contributed by atoms with Crippen LogP contribution in [0.2, 0.25) is 10.0 Å². The molecule has 0 aliphatic heterocycles. The Morgan fingerprint density at radius 1 is 1.29 bits per heavy atom. The van der Waals surface area contributed by atoms with Crippen molar-refractivity contribution < 1.29 is 14.6 Å². The molecule has 2 saturated carbocycles. The molecule has 6 heteroatoms. The number of carbonyl (C=O) groups is 1. The lowest BCUT2D eigenvalue weighted by Gasteiger charge is -2.33. The van der Waals surface area contributed by atoms with Crippen LogP contribution in [0, 0.1) is 11.8 Å². The molecule has 1 amide bonds. The highest BCUT2D eigenvalue weighted by Gasteiger charge is 2.47. The van der Waals surface area contributed by atoms with Crippen molar-refractivity contribution in [3.63, 3.8) is 0 Å². The van der Waals surface area contributed by atoms with Gasteiger partial charge in [-0.15, -0.1) is 0 Å². The van der Waals surface area contributed by atoms with Crippen LogP contribution in [0.3, 0.4) is 0 Å². The van der Waals surface area contributed by atoms with Gasteiger partial charge in [-0.1, -0.05) is 23.2 Å². The van der Waals surface area contributed by atoms with Crippen molar-refractivity contribution in [3.05, 3.63) is 28.2 Å². The summed E-state index contributed by atoms with van der Waals surface area (Å²) < 4.78 is 5.62. The lowest BCUT2D eigenvalue weighted by atomic mass is 9.92. The molecule has 0 heterocycles. The SMILES string of the molecule is CN(C(=O)CCCOc1ccc(Cl)cc1Cl)C1CC2CC1CC2O. The molecular formula is C18H23Cl2NO3. The molecule has 0 saturated heterocycles. The van der Waals surface area contributed by atoms with Crippen molar-refractivity contribution in [2.75, 3.05) is 13.7 Å². The average molecular weight is 372 g/mol. The number of nitrogens with zero attached hydrogens (tertiary/aromatic N) is 1. The normalized spacial score (nSPS) is 28.2. The number of carbonyl (C=O) groups excluding carboxylic acids is 1. The molecule has 4 unspecified atom stereocenters. The third kappa shape index (κ3) is 3.81. The number of rotatable bonds is 6. The van der Waals surface area contributed by atoms with Gasteiger partial charge in [0.05, 0.1) is 17.7 Å². The van der Waals surface area contributed by atoms with Gasteiger partial charge >= 0.3 is 0 Å². The van der Waals surface area contributed by atoms with Crippen LogP contribution in [0.1, 0.15) is 32.1 Å². The zero-order chi connectivity index (χ0) is 17.3. The Bertz CT molecular complexity index is 608. The monoisotopic (exact) mass is 371 g/mol. The Hall–Kier alpha value is -0.970. The van der Waals surface area contributed by atoms with Crippen molar-refractivity contribution >= 4 is 29.1 Å². The molecule has 1 aromatic carbocycles. The van der Waals surface area contributed by atoms with E-state index in [0.717, 1.165) is 19.3 Å². The largest absolute Gasteiger partial charge is 0.492 e. The molecular weight excluding hydrogens is 349 g/mol. The minimum Gasteiger partial charge on any atom is -0.492 e. The summed E-state index contributed by atoms with van der Waals surface area (Å²) in [7, 11) is 1.89.